The number of aromatic amines is 1. The second-order valence-corrected chi connectivity index (χ2v) is 9.15. The molecule has 0 saturated carbocycles. The fourth-order valence-corrected chi connectivity index (χ4v) is 4.33. The number of benzene rings is 2. The molecule has 2 aromatic heterocycles. The molecule has 0 aliphatic heterocycles. The molecule has 0 fully saturated rings. The van der Waals surface area contributed by atoms with Gasteiger partial charge in [-0.1, -0.05) is 13.0 Å². The molecule has 2 aromatic carbocycles. The van der Waals surface area contributed by atoms with Crippen LogP contribution in [0.5, 0.6) is 5.75 Å². The topological polar surface area (TPSA) is 145 Å². The Morgan fingerprint density at radius 1 is 1.14 bits per heavy atom. The molecule has 4 aromatic rings. The summed E-state index contributed by atoms with van der Waals surface area (Å²) in [4.78, 5) is 44.7. The number of nitrogens with one attached hydrogen (secondary N) is 1. The van der Waals surface area contributed by atoms with Gasteiger partial charge in [0.15, 0.2) is 12.3 Å². The molecule has 35 heavy (non-hydrogen) atoms. The summed E-state index contributed by atoms with van der Waals surface area (Å²) in [6.45, 7) is 2.10. The van der Waals surface area contributed by atoms with Gasteiger partial charge in [-0.25, -0.2) is 14.6 Å². The number of fused-ring (bicyclic) bond motifs is 1. The van der Waals surface area contributed by atoms with Crippen LogP contribution < -0.4 is 21.7 Å². The summed E-state index contributed by atoms with van der Waals surface area (Å²) < 4.78 is 8.87. The molecule has 0 aliphatic rings. The van der Waals surface area contributed by atoms with Crippen molar-refractivity contribution in [3.63, 3.8) is 0 Å². The van der Waals surface area contributed by atoms with E-state index in [0.29, 0.717) is 54.4 Å². The summed E-state index contributed by atoms with van der Waals surface area (Å²) in [5.74, 6) is -0.250. The molecule has 0 unspecified atom stereocenters. The maximum absolute atomic E-state index is 13.2. The molecule has 0 spiro atoms. The Labute approximate surface area is 213 Å². The molecule has 0 amide bonds. The van der Waals surface area contributed by atoms with Gasteiger partial charge in [0.25, 0.3) is 5.56 Å². The summed E-state index contributed by atoms with van der Waals surface area (Å²) in [7, 11) is 0. The molecule has 182 valence electrons. The third-order valence-electron chi connectivity index (χ3n) is 5.49. The predicted molar refractivity (Wildman–Crippen MR) is 141 cm³/mol. The number of halogens is 1. The number of rotatable bonds is 9. The minimum absolute atomic E-state index is 0.256. The van der Waals surface area contributed by atoms with E-state index in [2.05, 4.69) is 32.6 Å². The molecule has 4 N–H and O–H groups in total. The van der Waals surface area contributed by atoms with Crippen molar-refractivity contribution in [3.05, 3.63) is 72.4 Å². The Bertz CT molecular complexity index is 1500. The highest BCUT2D eigenvalue weighted by atomic mass is 127. The fourth-order valence-electron chi connectivity index (χ4n) is 3.75. The van der Waals surface area contributed by atoms with Crippen molar-refractivity contribution < 1.29 is 14.6 Å². The number of aliphatic carboxylic acids is 1. The smallest absolute Gasteiger partial charge is 0.341 e. The second kappa shape index (κ2) is 10.3. The van der Waals surface area contributed by atoms with Crippen molar-refractivity contribution in [2.24, 2.45) is 0 Å². The van der Waals surface area contributed by atoms with Crippen LogP contribution in [0.1, 0.15) is 18.9 Å². The number of imidazole rings is 1. The van der Waals surface area contributed by atoms with Crippen molar-refractivity contribution in [3.8, 4) is 17.1 Å². The minimum Gasteiger partial charge on any atom is -0.482 e. The van der Waals surface area contributed by atoms with Crippen LogP contribution in [0, 0.1) is 3.57 Å². The molecule has 0 saturated heterocycles. The van der Waals surface area contributed by atoms with E-state index in [0.717, 1.165) is 9.13 Å². The van der Waals surface area contributed by atoms with Crippen LogP contribution in [0.4, 0.5) is 5.69 Å². The van der Waals surface area contributed by atoms with Crippen LogP contribution in [0.2, 0.25) is 0 Å². The molecule has 10 nitrogen and oxygen atoms in total. The van der Waals surface area contributed by atoms with Crippen molar-refractivity contribution in [2.75, 3.05) is 12.3 Å². The Balaban J connectivity index is 1.74. The largest absolute Gasteiger partial charge is 0.482 e. The van der Waals surface area contributed by atoms with Gasteiger partial charge >= 0.3 is 11.7 Å². The van der Waals surface area contributed by atoms with Gasteiger partial charge in [-0.15, -0.1) is 0 Å². The van der Waals surface area contributed by atoms with Gasteiger partial charge in [0.1, 0.15) is 17.1 Å². The molecular weight excluding hydrogens is 565 g/mol. The molecule has 2 heterocycles. The number of nitrogens with zero attached hydrogens (tertiary/aromatic N) is 3. The first kappa shape index (κ1) is 24.5. The van der Waals surface area contributed by atoms with Gasteiger partial charge in [0, 0.05) is 27.9 Å². The Morgan fingerprint density at radius 3 is 2.54 bits per heavy atom. The standard InChI is InChI=1S/C24H24IN5O5/c1-2-10-30-23(33)20-22(29(24(30)34)11-9-14-3-8-18(26)17(25)12-14)28-21(27-20)15-4-6-16(7-5-15)35-13-19(31)32/h3-8,12H,2,9-11,13,26H2,1H3,(H,27,28)(H,31,32). The van der Waals surface area contributed by atoms with E-state index in [1.165, 1.54) is 9.13 Å². The number of aromatic nitrogens is 4. The van der Waals surface area contributed by atoms with Crippen molar-refractivity contribution >= 4 is 45.4 Å². The first-order chi connectivity index (χ1) is 16.8. The zero-order chi connectivity index (χ0) is 25.1. The number of nitrogen functional groups attached to an aromatic ring is 1. The zero-order valence-corrected chi connectivity index (χ0v) is 21.1. The number of aryl methyl sites for hydroxylation is 2. The zero-order valence-electron chi connectivity index (χ0n) is 19.0. The average molecular weight is 589 g/mol. The number of H-pyrrole nitrogens is 1. The minimum atomic E-state index is -1.07. The van der Waals surface area contributed by atoms with E-state index in [4.69, 9.17) is 15.6 Å². The van der Waals surface area contributed by atoms with Gasteiger partial charge in [-0.05, 0) is 77.4 Å². The van der Waals surface area contributed by atoms with Gasteiger partial charge in [0.05, 0.1) is 0 Å². The lowest BCUT2D eigenvalue weighted by atomic mass is 10.1. The number of nitrogens with two attached hydrogens (primary N) is 1. The number of anilines is 1. The van der Waals surface area contributed by atoms with Gasteiger partial charge < -0.3 is 20.6 Å². The van der Waals surface area contributed by atoms with Gasteiger partial charge in [-0.2, -0.15) is 0 Å². The highest BCUT2D eigenvalue weighted by molar-refractivity contribution is 14.1. The normalized spacial score (nSPS) is 11.1. The average Bonchev–Trinajstić information content (AvgIpc) is 3.28. The number of carboxylic acids is 1. The summed E-state index contributed by atoms with van der Waals surface area (Å²) >= 11 is 2.17. The molecule has 0 bridgehead atoms. The van der Waals surface area contributed by atoms with Crippen molar-refractivity contribution in [2.45, 2.75) is 32.9 Å². The first-order valence-electron chi connectivity index (χ1n) is 11.0. The molecule has 0 radical (unpaired) electrons. The SMILES string of the molecule is CCCn1c(=O)c2[nH]c(-c3ccc(OCC(=O)O)cc3)nc2n(CCc2ccc(N)c(I)c2)c1=O. The van der Waals surface area contributed by atoms with Crippen LogP contribution in [0.15, 0.2) is 52.1 Å². The number of ether oxygens (including phenoxy) is 1. The van der Waals surface area contributed by atoms with Gasteiger partial charge in [-0.3, -0.25) is 13.9 Å². The maximum atomic E-state index is 13.2. The summed E-state index contributed by atoms with van der Waals surface area (Å²) in [6, 6.07) is 12.4. The van der Waals surface area contributed by atoms with E-state index in [9.17, 15) is 14.4 Å². The molecular formula is C24H24IN5O5. The fraction of sp³-hybridized carbons (Fsp3) is 0.250. The van der Waals surface area contributed by atoms with Gasteiger partial charge in [0.2, 0.25) is 0 Å². The quantitative estimate of drug-likeness (QED) is 0.201. The maximum Gasteiger partial charge on any atom is 0.341 e. The van der Waals surface area contributed by atoms with E-state index in [-0.39, 0.29) is 5.52 Å². The van der Waals surface area contributed by atoms with Crippen LogP contribution in [0.25, 0.3) is 22.6 Å². The lowest BCUT2D eigenvalue weighted by molar-refractivity contribution is -0.139. The Hall–Kier alpha value is -3.61. The number of carbonyl (C=O) groups is 1. The highest BCUT2D eigenvalue weighted by Crippen LogP contribution is 2.22. The number of carboxylic acid groups (broad SMARTS) is 1. The van der Waals surface area contributed by atoms with Crippen molar-refractivity contribution in [1.29, 1.82) is 0 Å². The van der Waals surface area contributed by atoms with E-state index in [1.807, 2.05) is 25.1 Å². The third-order valence-corrected chi connectivity index (χ3v) is 6.42. The van der Waals surface area contributed by atoms with Crippen LogP contribution >= 0.6 is 22.6 Å². The van der Waals surface area contributed by atoms with Crippen LogP contribution in [-0.4, -0.2) is 36.8 Å². The molecule has 11 heteroatoms. The number of hydrogen-bond acceptors (Lipinski definition) is 6. The van der Waals surface area contributed by atoms with E-state index >= 15 is 0 Å². The van der Waals surface area contributed by atoms with Crippen LogP contribution in [-0.2, 0) is 24.3 Å². The summed E-state index contributed by atoms with van der Waals surface area (Å²) in [6.07, 6.45) is 1.20. The molecule has 0 atom stereocenters. The monoisotopic (exact) mass is 589 g/mol. The lowest BCUT2D eigenvalue weighted by Gasteiger charge is -2.11. The number of hydrogen-bond donors (Lipinski definition) is 3. The highest BCUT2D eigenvalue weighted by Gasteiger charge is 2.18. The molecule has 4 rings (SSSR count). The summed E-state index contributed by atoms with van der Waals surface area (Å²) in [5.41, 5.74) is 8.03. The lowest BCUT2D eigenvalue weighted by Crippen LogP contribution is -2.40. The summed E-state index contributed by atoms with van der Waals surface area (Å²) in [5, 5.41) is 8.76. The van der Waals surface area contributed by atoms with E-state index < -0.39 is 23.8 Å². The Kier molecular flexibility index (Phi) is 7.24. The van der Waals surface area contributed by atoms with Crippen molar-refractivity contribution in [1.82, 2.24) is 19.1 Å². The first-order valence-corrected chi connectivity index (χ1v) is 12.1. The predicted octanol–water partition coefficient (Wildman–Crippen LogP) is 2.86. The van der Waals surface area contributed by atoms with E-state index in [1.54, 1.807) is 24.3 Å². The molecule has 0 aliphatic carbocycles. The third kappa shape index (κ3) is 5.24. The second-order valence-electron chi connectivity index (χ2n) is 7.99. The Morgan fingerprint density at radius 2 is 1.89 bits per heavy atom. The van der Waals surface area contributed by atoms with Crippen LogP contribution in [0.3, 0.4) is 0 Å².